The molecule has 0 radical (unpaired) electrons. The number of aromatic hydroxyl groups is 1. The summed E-state index contributed by atoms with van der Waals surface area (Å²) < 4.78 is 7.29. The Morgan fingerprint density at radius 1 is 1.10 bits per heavy atom. The minimum atomic E-state index is -0.698. The second-order valence-corrected chi connectivity index (χ2v) is 7.65. The highest BCUT2D eigenvalue weighted by atomic mass is 16.5. The zero-order chi connectivity index (χ0) is 21.5. The summed E-state index contributed by atoms with van der Waals surface area (Å²) in [6, 6.07) is 3.95. The van der Waals surface area contributed by atoms with Crippen molar-refractivity contribution in [1.82, 2.24) is 14.8 Å². The molecule has 2 aromatic heterocycles. The molecule has 4 bridgehead atoms. The molecule has 0 unspecified atom stereocenters. The summed E-state index contributed by atoms with van der Waals surface area (Å²) in [6.45, 7) is 3.95. The molecule has 0 amide bonds. The number of hydrogen-bond donors (Lipinski definition) is 1. The summed E-state index contributed by atoms with van der Waals surface area (Å²) in [7, 11) is 2.04. The van der Waals surface area contributed by atoms with Crippen molar-refractivity contribution in [2.75, 3.05) is 25.1 Å². The molecule has 0 aromatic carbocycles. The van der Waals surface area contributed by atoms with Crippen LogP contribution in [0, 0.1) is 0 Å². The van der Waals surface area contributed by atoms with Crippen LogP contribution in [0.5, 0.6) is 11.6 Å². The van der Waals surface area contributed by atoms with Gasteiger partial charge in [-0.15, -0.1) is 0 Å². The van der Waals surface area contributed by atoms with Gasteiger partial charge in [-0.2, -0.15) is 10.1 Å². The lowest BCUT2D eigenvalue weighted by molar-refractivity contribution is 0.0968. The predicted molar refractivity (Wildman–Crippen MR) is 115 cm³/mol. The summed E-state index contributed by atoms with van der Waals surface area (Å²) in [5.74, 6) is 0.754. The van der Waals surface area contributed by atoms with Crippen LogP contribution in [0.4, 0.5) is 5.82 Å². The number of anilines is 1. The third-order valence-corrected chi connectivity index (χ3v) is 5.31. The number of Topliss-reactive ketones (excluding diaryl/α,β-unsaturated/α-hetero) is 1. The predicted octanol–water partition coefficient (Wildman–Crippen LogP) is 2.96. The van der Waals surface area contributed by atoms with Crippen LogP contribution >= 0.6 is 0 Å². The highest BCUT2D eigenvalue weighted by Crippen LogP contribution is 2.22. The first-order chi connectivity index (χ1) is 14.5. The molecule has 8 heteroatoms. The lowest BCUT2D eigenvalue weighted by atomic mass is 10.1. The number of carbonyl (C=O) groups excluding carboxylic acids is 1. The molecule has 0 fully saturated rings. The summed E-state index contributed by atoms with van der Waals surface area (Å²) in [5, 5.41) is 14.1. The molecule has 0 aliphatic carbocycles. The van der Waals surface area contributed by atoms with Gasteiger partial charge in [0.2, 0.25) is 5.88 Å². The van der Waals surface area contributed by atoms with E-state index in [1.807, 2.05) is 13.1 Å². The average molecular weight is 415 g/mol. The second-order valence-electron chi connectivity index (χ2n) is 7.65. The minimum absolute atomic E-state index is 0.182. The number of aromatic nitrogens is 3. The number of fused-ring (bicyclic) bond motifs is 4. The van der Waals surface area contributed by atoms with Crippen LogP contribution < -0.4 is 15.1 Å². The van der Waals surface area contributed by atoms with Crippen LogP contribution in [-0.2, 0) is 13.0 Å². The van der Waals surface area contributed by atoms with E-state index >= 15 is 0 Å². The molecular weight excluding hydrogens is 384 g/mol. The second kappa shape index (κ2) is 10.2. The van der Waals surface area contributed by atoms with E-state index in [1.54, 1.807) is 0 Å². The smallest absolute Gasteiger partial charge is 0.252 e. The highest BCUT2D eigenvalue weighted by molar-refractivity contribution is 5.94. The summed E-state index contributed by atoms with van der Waals surface area (Å²) in [6.07, 6.45) is 6.35. The topological polar surface area (TPSA) is 97.5 Å². The molecule has 1 aliphatic rings. The van der Waals surface area contributed by atoms with E-state index in [0.29, 0.717) is 31.9 Å². The van der Waals surface area contributed by atoms with Gasteiger partial charge >= 0.3 is 0 Å². The maximum absolute atomic E-state index is 12.4. The molecule has 0 saturated carbocycles. The highest BCUT2D eigenvalue weighted by Gasteiger charge is 2.17. The van der Waals surface area contributed by atoms with Crippen LogP contribution in [-0.4, -0.2) is 45.9 Å². The van der Waals surface area contributed by atoms with Crippen LogP contribution in [0.2, 0.25) is 0 Å². The Kier molecular flexibility index (Phi) is 7.43. The molecule has 0 spiro atoms. The fourth-order valence-corrected chi connectivity index (χ4v) is 3.56. The number of nitrogens with zero attached hydrogens (tertiary/aromatic N) is 4. The Morgan fingerprint density at radius 3 is 2.70 bits per heavy atom. The lowest BCUT2D eigenvalue weighted by Gasteiger charge is -2.22. The van der Waals surface area contributed by atoms with Gasteiger partial charge in [0.05, 0.1) is 12.8 Å². The van der Waals surface area contributed by atoms with Crippen LogP contribution in [0.25, 0.3) is 0 Å². The Bertz CT molecular complexity index is 941. The van der Waals surface area contributed by atoms with Gasteiger partial charge in [0.25, 0.3) is 5.43 Å². The Morgan fingerprint density at radius 2 is 1.90 bits per heavy atom. The van der Waals surface area contributed by atoms with Crippen LogP contribution in [0.1, 0.15) is 61.5 Å². The van der Waals surface area contributed by atoms with Crippen molar-refractivity contribution >= 4 is 11.6 Å². The third kappa shape index (κ3) is 5.37. The molecule has 1 N–H and O–H groups in total. The largest absolute Gasteiger partial charge is 0.503 e. The normalized spacial score (nSPS) is 16.5. The van der Waals surface area contributed by atoms with Crippen molar-refractivity contribution in [3.63, 3.8) is 0 Å². The van der Waals surface area contributed by atoms with Crippen molar-refractivity contribution in [2.24, 2.45) is 0 Å². The number of carbonyl (C=O) groups is 1. The monoisotopic (exact) mass is 414 g/mol. The fourth-order valence-electron chi connectivity index (χ4n) is 3.56. The van der Waals surface area contributed by atoms with E-state index in [0.717, 1.165) is 38.0 Å². The van der Waals surface area contributed by atoms with E-state index in [-0.39, 0.29) is 17.9 Å². The number of rotatable bonds is 1. The van der Waals surface area contributed by atoms with Gasteiger partial charge in [-0.05, 0) is 44.1 Å². The van der Waals surface area contributed by atoms with Gasteiger partial charge in [0.1, 0.15) is 5.82 Å². The minimum Gasteiger partial charge on any atom is -0.503 e. The molecular formula is C22H30N4O4. The maximum Gasteiger partial charge on any atom is 0.252 e. The number of ether oxygens (including phenoxy) is 1. The average Bonchev–Trinajstić information content (AvgIpc) is 2.74. The van der Waals surface area contributed by atoms with Gasteiger partial charge in [0, 0.05) is 32.6 Å². The van der Waals surface area contributed by atoms with Gasteiger partial charge < -0.3 is 14.7 Å². The molecule has 0 saturated heterocycles. The van der Waals surface area contributed by atoms with E-state index in [4.69, 9.17) is 9.72 Å². The molecule has 2 aromatic rings. The van der Waals surface area contributed by atoms with Gasteiger partial charge in [-0.1, -0.05) is 13.0 Å². The fraction of sp³-hybridized carbons (Fsp3) is 0.545. The number of hydrogen-bond acceptors (Lipinski definition) is 7. The Labute approximate surface area is 176 Å². The van der Waals surface area contributed by atoms with Gasteiger partial charge in [-0.3, -0.25) is 14.3 Å². The maximum atomic E-state index is 12.4. The SMILES string of the molecule is CCc1ccc2nc1N(C)CCCCCn1cc(O)c(=O)c(n1)C(=O)CCCCO2. The first kappa shape index (κ1) is 21.8. The number of aryl methyl sites for hydroxylation is 2. The molecule has 8 nitrogen and oxygen atoms in total. The first-order valence-electron chi connectivity index (χ1n) is 10.7. The molecule has 3 heterocycles. The van der Waals surface area contributed by atoms with E-state index < -0.39 is 11.2 Å². The zero-order valence-corrected chi connectivity index (χ0v) is 17.8. The number of pyridine rings is 1. The summed E-state index contributed by atoms with van der Waals surface area (Å²) >= 11 is 0. The summed E-state index contributed by atoms with van der Waals surface area (Å²) in [4.78, 5) is 31.4. The van der Waals surface area contributed by atoms with Crippen molar-refractivity contribution in [1.29, 1.82) is 0 Å². The molecule has 3 rings (SSSR count). The standard InChI is InChI=1S/C22H30N4O4/c1-3-16-10-11-19-23-22(16)25(2)12-6-4-7-13-26-15-18(28)21(29)20(24-26)17(27)9-5-8-14-30-19/h10-11,15,28H,3-9,12-14H2,1-2H3. The van der Waals surface area contributed by atoms with Crippen LogP contribution in [0.15, 0.2) is 23.1 Å². The Hall–Kier alpha value is -2.90. The van der Waals surface area contributed by atoms with Gasteiger partial charge in [-0.25, -0.2) is 0 Å². The van der Waals surface area contributed by atoms with Gasteiger partial charge in [0.15, 0.2) is 17.2 Å². The van der Waals surface area contributed by atoms with Crippen molar-refractivity contribution in [3.8, 4) is 11.6 Å². The lowest BCUT2D eigenvalue weighted by Crippen LogP contribution is -2.23. The summed E-state index contributed by atoms with van der Waals surface area (Å²) in [5.41, 5.74) is 0.305. The quantitative estimate of drug-likeness (QED) is 0.766. The third-order valence-electron chi connectivity index (χ3n) is 5.31. The first-order valence-corrected chi connectivity index (χ1v) is 10.7. The van der Waals surface area contributed by atoms with Crippen molar-refractivity contribution in [3.05, 3.63) is 39.8 Å². The molecule has 1 aliphatic heterocycles. The van der Waals surface area contributed by atoms with E-state index in [1.165, 1.54) is 16.4 Å². The molecule has 0 atom stereocenters. The Balaban J connectivity index is 1.78. The van der Waals surface area contributed by atoms with Crippen molar-refractivity contribution < 1.29 is 14.6 Å². The molecule has 30 heavy (non-hydrogen) atoms. The van der Waals surface area contributed by atoms with E-state index in [9.17, 15) is 14.7 Å². The van der Waals surface area contributed by atoms with E-state index in [2.05, 4.69) is 23.0 Å². The molecule has 162 valence electrons. The van der Waals surface area contributed by atoms with Crippen LogP contribution in [0.3, 0.4) is 0 Å². The number of ketones is 1. The van der Waals surface area contributed by atoms with Crippen molar-refractivity contribution in [2.45, 2.75) is 58.4 Å². The zero-order valence-electron chi connectivity index (χ0n) is 17.8.